The molecule has 0 atom stereocenters. The summed E-state index contributed by atoms with van der Waals surface area (Å²) in [6, 6.07) is 0. The third-order valence-corrected chi connectivity index (χ3v) is 3.59. The molecule has 1 fully saturated rings. The summed E-state index contributed by atoms with van der Waals surface area (Å²) in [5.74, 6) is 0.761. The summed E-state index contributed by atoms with van der Waals surface area (Å²) in [7, 11) is 0. The minimum Gasteiger partial charge on any atom is -0.381 e. The molecule has 1 saturated heterocycles. The van der Waals surface area contributed by atoms with Crippen molar-refractivity contribution in [2.24, 2.45) is 11.1 Å². The minimum absolute atomic E-state index is 0.0647. The van der Waals surface area contributed by atoms with Gasteiger partial charge in [-0.25, -0.2) is 0 Å². The van der Waals surface area contributed by atoms with E-state index < -0.39 is 0 Å². The molecule has 0 spiro atoms. The van der Waals surface area contributed by atoms with Crippen LogP contribution in [-0.2, 0) is 11.2 Å². The first-order valence-corrected chi connectivity index (χ1v) is 5.84. The highest BCUT2D eigenvalue weighted by Crippen LogP contribution is 2.32. The van der Waals surface area contributed by atoms with Crippen molar-refractivity contribution < 1.29 is 4.74 Å². The van der Waals surface area contributed by atoms with Crippen molar-refractivity contribution in [1.29, 1.82) is 0 Å². The van der Waals surface area contributed by atoms with E-state index in [1.807, 2.05) is 0 Å². The van der Waals surface area contributed by atoms with Crippen LogP contribution in [0.15, 0.2) is 4.79 Å². The van der Waals surface area contributed by atoms with Crippen molar-refractivity contribution in [3.05, 3.63) is 15.5 Å². The molecule has 0 unspecified atom stereocenters. The summed E-state index contributed by atoms with van der Waals surface area (Å²) in [5, 5.41) is 0. The predicted molar refractivity (Wildman–Crippen MR) is 58.0 cm³/mol. The summed E-state index contributed by atoms with van der Waals surface area (Å²) in [6.07, 6.45) is 2.65. The lowest BCUT2D eigenvalue weighted by Crippen LogP contribution is -2.38. The third kappa shape index (κ3) is 2.45. The fourth-order valence-corrected chi connectivity index (χ4v) is 2.42. The van der Waals surface area contributed by atoms with E-state index in [0.717, 1.165) is 49.8 Å². The van der Waals surface area contributed by atoms with Gasteiger partial charge >= 0.3 is 4.87 Å². The first-order valence-electron chi connectivity index (χ1n) is 5.07. The molecule has 84 valence electrons. The monoisotopic (exact) mass is 229 g/mol. The maximum Gasteiger partial charge on any atom is 0.323 e. The number of nitrogens with zero attached hydrogens (tertiary/aromatic N) is 1. The van der Waals surface area contributed by atoms with Gasteiger partial charge in [-0.1, -0.05) is 0 Å². The maximum atomic E-state index is 11.0. The van der Waals surface area contributed by atoms with Crippen LogP contribution in [0.25, 0.3) is 0 Å². The molecule has 1 aromatic rings. The van der Waals surface area contributed by atoms with Gasteiger partial charge in [0.2, 0.25) is 0 Å². The number of aromatic nitrogens is 2. The van der Waals surface area contributed by atoms with Gasteiger partial charge in [0.25, 0.3) is 0 Å². The normalized spacial score (nSPS) is 20.3. The molecule has 0 bridgehead atoms. The molecule has 1 aromatic heterocycles. The Balaban J connectivity index is 2.09. The van der Waals surface area contributed by atoms with Crippen LogP contribution in [0.3, 0.4) is 0 Å². The SMILES string of the molecule is NCC1(Cc2nsc(=O)[nH]2)CCOCC1. The van der Waals surface area contributed by atoms with E-state index in [1.165, 1.54) is 0 Å². The largest absolute Gasteiger partial charge is 0.381 e. The number of hydrogen-bond donors (Lipinski definition) is 2. The first-order chi connectivity index (χ1) is 7.24. The smallest absolute Gasteiger partial charge is 0.323 e. The van der Waals surface area contributed by atoms with Crippen LogP contribution in [0, 0.1) is 5.41 Å². The van der Waals surface area contributed by atoms with Crippen molar-refractivity contribution in [3.63, 3.8) is 0 Å². The number of H-pyrrole nitrogens is 1. The lowest BCUT2D eigenvalue weighted by atomic mass is 9.77. The summed E-state index contributed by atoms with van der Waals surface area (Å²) >= 11 is 0.969. The van der Waals surface area contributed by atoms with E-state index in [4.69, 9.17) is 10.5 Å². The molecule has 0 saturated carbocycles. The Morgan fingerprint density at radius 1 is 1.53 bits per heavy atom. The fourth-order valence-electron chi connectivity index (χ4n) is 1.95. The van der Waals surface area contributed by atoms with E-state index >= 15 is 0 Å². The van der Waals surface area contributed by atoms with Gasteiger partial charge in [0, 0.05) is 31.2 Å². The number of nitrogens with two attached hydrogens (primary N) is 1. The molecule has 3 N–H and O–H groups in total. The second kappa shape index (κ2) is 4.42. The Kier molecular flexibility index (Phi) is 3.18. The Labute approximate surface area is 91.8 Å². The molecule has 2 rings (SSSR count). The number of aromatic amines is 1. The Bertz CT molecular complexity index is 367. The summed E-state index contributed by atoms with van der Waals surface area (Å²) in [6.45, 7) is 2.13. The van der Waals surface area contributed by atoms with E-state index in [-0.39, 0.29) is 10.3 Å². The predicted octanol–water partition coefficient (Wildman–Crippen LogP) is 0.129. The van der Waals surface area contributed by atoms with Crippen LogP contribution >= 0.6 is 11.5 Å². The summed E-state index contributed by atoms with van der Waals surface area (Å²) in [5.41, 5.74) is 5.89. The highest BCUT2D eigenvalue weighted by molar-refractivity contribution is 7.02. The van der Waals surface area contributed by atoms with Crippen molar-refractivity contribution in [1.82, 2.24) is 9.36 Å². The van der Waals surface area contributed by atoms with Crippen LogP contribution in [0.5, 0.6) is 0 Å². The molecule has 1 aliphatic heterocycles. The molecule has 0 aromatic carbocycles. The minimum atomic E-state index is -0.0933. The number of ether oxygens (including phenoxy) is 1. The van der Waals surface area contributed by atoms with Crippen LogP contribution in [0.2, 0.25) is 0 Å². The summed E-state index contributed by atoms with van der Waals surface area (Å²) in [4.78, 5) is 13.6. The lowest BCUT2D eigenvalue weighted by Gasteiger charge is -2.35. The van der Waals surface area contributed by atoms with Gasteiger partial charge < -0.3 is 10.5 Å². The van der Waals surface area contributed by atoms with Crippen molar-refractivity contribution >= 4 is 11.5 Å². The average Bonchev–Trinajstić information content (AvgIpc) is 2.65. The van der Waals surface area contributed by atoms with E-state index in [9.17, 15) is 4.79 Å². The molecule has 0 aliphatic carbocycles. The van der Waals surface area contributed by atoms with Gasteiger partial charge in [0.05, 0.1) is 0 Å². The zero-order chi connectivity index (χ0) is 10.7. The van der Waals surface area contributed by atoms with Gasteiger partial charge in [-0.05, 0) is 24.8 Å². The molecule has 5 nitrogen and oxygen atoms in total. The van der Waals surface area contributed by atoms with Crippen molar-refractivity contribution in [2.45, 2.75) is 19.3 Å². The molecular weight excluding hydrogens is 214 g/mol. The first kappa shape index (κ1) is 10.8. The highest BCUT2D eigenvalue weighted by Gasteiger charge is 2.32. The number of rotatable bonds is 3. The molecule has 2 heterocycles. The topological polar surface area (TPSA) is 81.0 Å². The second-order valence-corrected chi connectivity index (χ2v) is 4.77. The van der Waals surface area contributed by atoms with Crippen LogP contribution in [0.1, 0.15) is 18.7 Å². The lowest BCUT2D eigenvalue weighted by molar-refractivity contribution is 0.0183. The van der Waals surface area contributed by atoms with Gasteiger partial charge in [-0.15, -0.1) is 0 Å². The molecule has 0 radical (unpaired) electrons. The molecular formula is C9H15N3O2S. The van der Waals surface area contributed by atoms with Crippen LogP contribution in [-0.4, -0.2) is 29.1 Å². The van der Waals surface area contributed by atoms with E-state index in [1.54, 1.807) is 0 Å². The highest BCUT2D eigenvalue weighted by atomic mass is 32.1. The molecule has 1 aliphatic rings. The standard InChI is InChI=1S/C9H15N3O2S/c10-6-9(1-3-14-4-2-9)5-7-11-8(13)15-12-7/h1-6,10H2,(H,11,12,13). The van der Waals surface area contributed by atoms with E-state index in [0.29, 0.717) is 6.54 Å². The quantitative estimate of drug-likeness (QED) is 0.772. The fraction of sp³-hybridized carbons (Fsp3) is 0.778. The van der Waals surface area contributed by atoms with Crippen LogP contribution in [0.4, 0.5) is 0 Å². The zero-order valence-electron chi connectivity index (χ0n) is 8.49. The van der Waals surface area contributed by atoms with Gasteiger partial charge in [-0.3, -0.25) is 9.78 Å². The molecule has 15 heavy (non-hydrogen) atoms. The molecule has 0 amide bonds. The Morgan fingerprint density at radius 3 is 2.80 bits per heavy atom. The van der Waals surface area contributed by atoms with Gasteiger partial charge in [-0.2, -0.15) is 4.37 Å². The summed E-state index contributed by atoms with van der Waals surface area (Å²) < 4.78 is 9.40. The second-order valence-electron chi connectivity index (χ2n) is 4.03. The molecule has 6 heteroatoms. The van der Waals surface area contributed by atoms with Crippen molar-refractivity contribution in [2.75, 3.05) is 19.8 Å². The maximum absolute atomic E-state index is 11.0. The third-order valence-electron chi connectivity index (χ3n) is 3.01. The number of hydrogen-bond acceptors (Lipinski definition) is 5. The van der Waals surface area contributed by atoms with Crippen molar-refractivity contribution in [3.8, 4) is 0 Å². The van der Waals surface area contributed by atoms with Crippen LogP contribution < -0.4 is 10.6 Å². The Morgan fingerprint density at radius 2 is 2.27 bits per heavy atom. The van der Waals surface area contributed by atoms with E-state index in [2.05, 4.69) is 9.36 Å². The zero-order valence-corrected chi connectivity index (χ0v) is 9.31. The average molecular weight is 229 g/mol. The van der Waals surface area contributed by atoms with Gasteiger partial charge in [0.15, 0.2) is 0 Å². The number of nitrogens with one attached hydrogen (secondary N) is 1. The van der Waals surface area contributed by atoms with Gasteiger partial charge in [0.1, 0.15) is 5.82 Å². The Hall–Kier alpha value is -0.720.